The van der Waals surface area contributed by atoms with E-state index in [9.17, 15) is 13.6 Å². The van der Waals surface area contributed by atoms with Crippen LogP contribution in [0.25, 0.3) is 0 Å². The number of nitrogens with one attached hydrogen (secondary N) is 2. The first-order valence-corrected chi connectivity index (χ1v) is 9.88. The fraction of sp³-hybridized carbons (Fsp3) is 0.409. The van der Waals surface area contributed by atoms with Crippen LogP contribution in [0.15, 0.2) is 48.5 Å². The van der Waals surface area contributed by atoms with Gasteiger partial charge in [-0.2, -0.15) is 0 Å². The number of rotatable bonds is 4. The van der Waals surface area contributed by atoms with E-state index in [4.69, 9.17) is 0 Å². The highest BCUT2D eigenvalue weighted by Crippen LogP contribution is 2.29. The molecule has 28 heavy (non-hydrogen) atoms. The number of benzene rings is 2. The lowest BCUT2D eigenvalue weighted by atomic mass is 9.81. The topological polar surface area (TPSA) is 44.4 Å². The second-order valence-electron chi connectivity index (χ2n) is 7.76. The molecule has 0 radical (unpaired) electrons. The van der Waals surface area contributed by atoms with Crippen molar-refractivity contribution in [3.8, 4) is 0 Å². The fourth-order valence-corrected chi connectivity index (χ4v) is 4.44. The van der Waals surface area contributed by atoms with Crippen molar-refractivity contribution in [1.29, 1.82) is 0 Å². The van der Waals surface area contributed by atoms with E-state index >= 15 is 0 Å². The molecule has 2 saturated heterocycles. The number of carbonyl (C=O) groups is 1. The smallest absolute Gasteiger partial charge is 0.253 e. The third-order valence-electron chi connectivity index (χ3n) is 5.98. The van der Waals surface area contributed by atoms with Crippen LogP contribution in [0.1, 0.15) is 28.8 Å². The summed E-state index contributed by atoms with van der Waals surface area (Å²) in [4.78, 5) is 14.4. The molecule has 148 valence electrons. The molecule has 2 aliphatic rings. The van der Waals surface area contributed by atoms with Gasteiger partial charge >= 0.3 is 0 Å². The van der Waals surface area contributed by atoms with Gasteiger partial charge in [0.15, 0.2) is 11.6 Å². The van der Waals surface area contributed by atoms with Crippen molar-refractivity contribution >= 4 is 5.91 Å². The van der Waals surface area contributed by atoms with Gasteiger partial charge in [-0.1, -0.05) is 30.3 Å². The van der Waals surface area contributed by atoms with Crippen molar-refractivity contribution in [3.63, 3.8) is 0 Å². The van der Waals surface area contributed by atoms with E-state index in [0.29, 0.717) is 31.0 Å². The van der Waals surface area contributed by atoms with Crippen LogP contribution in [-0.4, -0.2) is 36.5 Å². The van der Waals surface area contributed by atoms with Crippen molar-refractivity contribution < 1.29 is 13.6 Å². The Kier molecular flexibility index (Phi) is 5.69. The molecule has 1 amide bonds. The number of nitrogens with zero attached hydrogens (tertiary/aromatic N) is 1. The summed E-state index contributed by atoms with van der Waals surface area (Å²) in [6, 6.07) is 14.2. The number of halogens is 2. The molecule has 0 bridgehead atoms. The molecule has 4 rings (SSSR count). The highest BCUT2D eigenvalue weighted by atomic mass is 19.2. The lowest BCUT2D eigenvalue weighted by molar-refractivity contribution is 0.0663. The number of hydrogen-bond donors (Lipinski definition) is 2. The number of piperidine rings is 1. The van der Waals surface area contributed by atoms with Crippen LogP contribution in [0.5, 0.6) is 0 Å². The van der Waals surface area contributed by atoms with Gasteiger partial charge in [0.25, 0.3) is 5.91 Å². The summed E-state index contributed by atoms with van der Waals surface area (Å²) in [6.07, 6.45) is 2.83. The Morgan fingerprint density at radius 3 is 2.50 bits per heavy atom. The molecule has 2 unspecified atom stereocenters. The van der Waals surface area contributed by atoms with Gasteiger partial charge < -0.3 is 4.90 Å². The number of hydrogen-bond acceptors (Lipinski definition) is 3. The van der Waals surface area contributed by atoms with Gasteiger partial charge in [0.1, 0.15) is 0 Å². The zero-order chi connectivity index (χ0) is 19.5. The second kappa shape index (κ2) is 8.37. The maximum Gasteiger partial charge on any atom is 0.253 e. The van der Waals surface area contributed by atoms with Crippen LogP contribution < -0.4 is 10.9 Å². The molecule has 2 N–H and O–H groups in total. The van der Waals surface area contributed by atoms with Crippen LogP contribution in [0, 0.1) is 23.5 Å². The van der Waals surface area contributed by atoms with Crippen LogP contribution in [-0.2, 0) is 6.42 Å². The van der Waals surface area contributed by atoms with Crippen molar-refractivity contribution in [2.24, 2.45) is 11.8 Å². The quantitative estimate of drug-likeness (QED) is 0.850. The largest absolute Gasteiger partial charge is 0.339 e. The van der Waals surface area contributed by atoms with Crippen LogP contribution in [0.3, 0.4) is 0 Å². The van der Waals surface area contributed by atoms with E-state index in [1.165, 1.54) is 11.6 Å². The molecule has 2 atom stereocenters. The minimum absolute atomic E-state index is 0.208. The third kappa shape index (κ3) is 4.08. The maximum absolute atomic E-state index is 13.4. The molecule has 0 saturated carbocycles. The van der Waals surface area contributed by atoms with Crippen molar-refractivity contribution in [1.82, 2.24) is 15.8 Å². The Bertz CT molecular complexity index is 822. The fourth-order valence-electron chi connectivity index (χ4n) is 4.44. The van der Waals surface area contributed by atoms with Gasteiger partial charge in [-0.3, -0.25) is 15.6 Å². The zero-order valence-corrected chi connectivity index (χ0v) is 15.7. The number of likely N-dealkylation sites (tertiary alicyclic amines) is 1. The molecule has 2 aliphatic heterocycles. The van der Waals surface area contributed by atoms with E-state index in [2.05, 4.69) is 35.1 Å². The lowest BCUT2D eigenvalue weighted by Gasteiger charge is -2.36. The Hall–Kier alpha value is -2.31. The first-order chi connectivity index (χ1) is 13.6. The molecule has 0 aliphatic carbocycles. The van der Waals surface area contributed by atoms with Crippen molar-refractivity contribution in [2.75, 3.05) is 19.6 Å². The van der Waals surface area contributed by atoms with E-state index < -0.39 is 11.6 Å². The highest BCUT2D eigenvalue weighted by Gasteiger charge is 2.36. The normalized spacial score (nSPS) is 23.1. The molecule has 2 heterocycles. The van der Waals surface area contributed by atoms with Gasteiger partial charge in [0.05, 0.1) is 0 Å². The highest BCUT2D eigenvalue weighted by molar-refractivity contribution is 5.94. The van der Waals surface area contributed by atoms with Gasteiger partial charge in [0, 0.05) is 31.2 Å². The molecule has 6 heteroatoms. The lowest BCUT2D eigenvalue weighted by Crippen LogP contribution is -2.46. The van der Waals surface area contributed by atoms with Gasteiger partial charge in [-0.05, 0) is 54.9 Å². The zero-order valence-electron chi connectivity index (χ0n) is 15.7. The summed E-state index contributed by atoms with van der Waals surface area (Å²) in [6.45, 7) is 2.21. The van der Waals surface area contributed by atoms with Crippen LogP contribution in [0.2, 0.25) is 0 Å². The molecule has 2 fully saturated rings. The predicted molar refractivity (Wildman–Crippen MR) is 104 cm³/mol. The average Bonchev–Trinajstić information content (AvgIpc) is 3.18. The summed E-state index contributed by atoms with van der Waals surface area (Å²) < 4.78 is 26.5. The molecule has 2 aromatic rings. The summed E-state index contributed by atoms with van der Waals surface area (Å²) in [7, 11) is 0. The standard InChI is InChI=1S/C22H25F2N3O/c23-19-7-6-17(13-20(19)24)22(28)27-10-8-16(9-11-27)21-18(14-25-26-21)12-15-4-2-1-3-5-15/h1-7,13,16,18,21,25-26H,8-12,14H2. The second-order valence-corrected chi connectivity index (χ2v) is 7.76. The summed E-state index contributed by atoms with van der Waals surface area (Å²) in [5, 5.41) is 0. The third-order valence-corrected chi connectivity index (χ3v) is 5.98. The van der Waals surface area contributed by atoms with E-state index in [1.807, 2.05) is 6.07 Å². The van der Waals surface area contributed by atoms with Gasteiger partial charge in [-0.15, -0.1) is 0 Å². The molecule has 2 aromatic carbocycles. The molecule has 4 nitrogen and oxygen atoms in total. The maximum atomic E-state index is 13.4. The molecule has 0 spiro atoms. The van der Waals surface area contributed by atoms with Crippen molar-refractivity contribution in [3.05, 3.63) is 71.3 Å². The predicted octanol–water partition coefficient (Wildman–Crippen LogP) is 3.15. The Morgan fingerprint density at radius 2 is 1.79 bits per heavy atom. The summed E-state index contributed by atoms with van der Waals surface area (Å²) in [5.41, 5.74) is 8.29. The monoisotopic (exact) mass is 385 g/mol. The molecular weight excluding hydrogens is 360 g/mol. The molecule has 0 aromatic heterocycles. The van der Waals surface area contributed by atoms with Crippen molar-refractivity contribution in [2.45, 2.75) is 25.3 Å². The van der Waals surface area contributed by atoms with E-state index in [0.717, 1.165) is 37.9 Å². The summed E-state index contributed by atoms with van der Waals surface area (Å²) >= 11 is 0. The SMILES string of the molecule is O=C(c1ccc(F)c(F)c1)N1CCC(C2NNCC2Cc2ccccc2)CC1. The Balaban J connectivity index is 1.35. The van der Waals surface area contributed by atoms with E-state index in [-0.39, 0.29) is 11.5 Å². The molecular formula is C22H25F2N3O. The Labute approximate surface area is 163 Å². The van der Waals surface area contributed by atoms with Gasteiger partial charge in [0.2, 0.25) is 0 Å². The number of amides is 1. The van der Waals surface area contributed by atoms with Gasteiger partial charge in [-0.25, -0.2) is 8.78 Å². The minimum atomic E-state index is -0.981. The number of hydrazine groups is 1. The van der Waals surface area contributed by atoms with E-state index in [1.54, 1.807) is 4.90 Å². The van der Waals surface area contributed by atoms with Crippen LogP contribution >= 0.6 is 0 Å². The average molecular weight is 385 g/mol. The minimum Gasteiger partial charge on any atom is -0.339 e. The Morgan fingerprint density at radius 1 is 1.04 bits per heavy atom. The van der Waals surface area contributed by atoms with Crippen LogP contribution in [0.4, 0.5) is 8.78 Å². The first kappa shape index (κ1) is 19.0. The first-order valence-electron chi connectivity index (χ1n) is 9.88. The number of carbonyl (C=O) groups excluding carboxylic acids is 1. The summed E-state index contributed by atoms with van der Waals surface area (Å²) in [5.74, 6) is -1.14.